The summed E-state index contributed by atoms with van der Waals surface area (Å²) in [6.07, 6.45) is 7.65. The Bertz CT molecular complexity index is 581. The molecule has 2 unspecified atom stereocenters. The van der Waals surface area contributed by atoms with E-state index in [1.807, 2.05) is 5.38 Å². The van der Waals surface area contributed by atoms with E-state index in [-0.39, 0.29) is 6.04 Å². The molecule has 0 bridgehead atoms. The molecular formula is C14H22N2O2S3. The summed E-state index contributed by atoms with van der Waals surface area (Å²) in [5.74, 6) is 0. The summed E-state index contributed by atoms with van der Waals surface area (Å²) < 4.78 is 28.2. The van der Waals surface area contributed by atoms with Crippen LogP contribution in [0.1, 0.15) is 37.0 Å². The maximum atomic E-state index is 12.7. The summed E-state index contributed by atoms with van der Waals surface area (Å²) in [6.45, 7) is 0.662. The van der Waals surface area contributed by atoms with Crippen molar-refractivity contribution >= 4 is 33.1 Å². The Morgan fingerprint density at radius 1 is 1.33 bits per heavy atom. The number of thioether (sulfide) groups is 1. The van der Waals surface area contributed by atoms with Crippen molar-refractivity contribution in [1.29, 1.82) is 0 Å². The number of thiophene rings is 1. The zero-order valence-corrected chi connectivity index (χ0v) is 14.6. The lowest BCUT2D eigenvalue weighted by Crippen LogP contribution is -2.38. The van der Waals surface area contributed by atoms with Crippen molar-refractivity contribution in [3.63, 3.8) is 0 Å². The highest BCUT2D eigenvalue weighted by Crippen LogP contribution is 2.31. The second kappa shape index (κ2) is 6.58. The van der Waals surface area contributed by atoms with Crippen LogP contribution >= 0.6 is 23.1 Å². The summed E-state index contributed by atoms with van der Waals surface area (Å²) in [4.78, 5) is 1.39. The zero-order chi connectivity index (χ0) is 14.9. The topological polar surface area (TPSA) is 58.2 Å². The van der Waals surface area contributed by atoms with Crippen LogP contribution in [0.5, 0.6) is 0 Å². The highest BCUT2D eigenvalue weighted by atomic mass is 32.2. The fourth-order valence-corrected chi connectivity index (χ4v) is 6.55. The van der Waals surface area contributed by atoms with Gasteiger partial charge in [-0.25, -0.2) is 13.1 Å². The van der Waals surface area contributed by atoms with E-state index in [0.29, 0.717) is 22.7 Å². The average molecular weight is 347 g/mol. The fourth-order valence-electron chi connectivity index (χ4n) is 2.83. The average Bonchev–Trinajstić information content (AvgIpc) is 2.98. The van der Waals surface area contributed by atoms with Gasteiger partial charge in [-0.15, -0.1) is 11.3 Å². The van der Waals surface area contributed by atoms with Crippen LogP contribution in [0.3, 0.4) is 0 Å². The molecule has 0 spiro atoms. The van der Waals surface area contributed by atoms with E-state index in [0.717, 1.165) is 24.1 Å². The van der Waals surface area contributed by atoms with Gasteiger partial charge < -0.3 is 5.32 Å². The molecule has 7 heteroatoms. The first kappa shape index (κ1) is 15.8. The van der Waals surface area contributed by atoms with E-state index in [1.54, 1.807) is 17.8 Å². The molecule has 0 amide bonds. The van der Waals surface area contributed by atoms with Crippen molar-refractivity contribution in [3.05, 3.63) is 16.3 Å². The Kier molecular flexibility index (Phi) is 4.95. The number of rotatable bonds is 7. The van der Waals surface area contributed by atoms with Crippen molar-refractivity contribution < 1.29 is 8.42 Å². The van der Waals surface area contributed by atoms with Crippen LogP contribution in [-0.4, -0.2) is 32.0 Å². The van der Waals surface area contributed by atoms with Gasteiger partial charge in [0, 0.05) is 28.8 Å². The van der Waals surface area contributed by atoms with Gasteiger partial charge in [-0.1, -0.05) is 6.42 Å². The summed E-state index contributed by atoms with van der Waals surface area (Å²) in [7, 11) is -3.39. The number of hydrogen-bond acceptors (Lipinski definition) is 5. The van der Waals surface area contributed by atoms with Gasteiger partial charge in [0.2, 0.25) is 10.0 Å². The van der Waals surface area contributed by atoms with Crippen molar-refractivity contribution in [3.8, 4) is 0 Å². The predicted molar refractivity (Wildman–Crippen MR) is 89.4 cm³/mol. The van der Waals surface area contributed by atoms with Crippen LogP contribution < -0.4 is 10.0 Å². The van der Waals surface area contributed by atoms with E-state index < -0.39 is 10.0 Å². The number of nitrogens with one attached hydrogen (secondary N) is 2. The molecule has 2 N–H and O–H groups in total. The standard InChI is InChI=1S/C14H22N2O2S3/c1-19-12-4-2-3-11(12)16-21(17,18)14-7-8-20-13(14)9-15-10-5-6-10/h7-8,10-12,15-16H,2-6,9H2,1H3. The Balaban J connectivity index is 1.70. The van der Waals surface area contributed by atoms with Gasteiger partial charge in [-0.3, -0.25) is 0 Å². The molecule has 1 heterocycles. The molecule has 4 nitrogen and oxygen atoms in total. The SMILES string of the molecule is CSC1CCCC1NS(=O)(=O)c1ccsc1CNC1CC1. The third kappa shape index (κ3) is 3.82. The second-order valence-corrected chi connectivity index (χ2v) is 9.56. The summed E-state index contributed by atoms with van der Waals surface area (Å²) in [5, 5.41) is 5.68. The first-order valence-electron chi connectivity index (χ1n) is 7.45. The molecule has 2 atom stereocenters. The van der Waals surface area contributed by atoms with Gasteiger partial charge in [0.05, 0.1) is 4.90 Å². The molecule has 118 valence electrons. The number of sulfonamides is 1. The molecular weight excluding hydrogens is 324 g/mol. The fraction of sp³-hybridized carbons (Fsp3) is 0.714. The van der Waals surface area contributed by atoms with Crippen molar-refractivity contribution in [2.24, 2.45) is 0 Å². The first-order valence-corrected chi connectivity index (χ1v) is 11.1. The van der Waals surface area contributed by atoms with E-state index in [1.165, 1.54) is 24.2 Å². The third-order valence-electron chi connectivity index (χ3n) is 4.18. The van der Waals surface area contributed by atoms with Crippen molar-refractivity contribution in [2.45, 2.75) is 60.9 Å². The van der Waals surface area contributed by atoms with Gasteiger partial charge >= 0.3 is 0 Å². The van der Waals surface area contributed by atoms with Gasteiger partial charge in [-0.05, 0) is 43.4 Å². The van der Waals surface area contributed by atoms with Crippen LogP contribution in [0.25, 0.3) is 0 Å². The molecule has 21 heavy (non-hydrogen) atoms. The lowest BCUT2D eigenvalue weighted by Gasteiger charge is -2.19. The molecule has 3 rings (SSSR count). The summed E-state index contributed by atoms with van der Waals surface area (Å²) in [6, 6.07) is 2.40. The first-order chi connectivity index (χ1) is 10.1. The summed E-state index contributed by atoms with van der Waals surface area (Å²) in [5.41, 5.74) is 0. The highest BCUT2D eigenvalue weighted by molar-refractivity contribution is 7.99. The second-order valence-electron chi connectivity index (χ2n) is 5.80. The Hall–Kier alpha value is -0.0800. The van der Waals surface area contributed by atoms with Crippen molar-refractivity contribution in [1.82, 2.24) is 10.0 Å². The molecule has 2 saturated carbocycles. The Morgan fingerprint density at radius 3 is 2.86 bits per heavy atom. The van der Waals surface area contributed by atoms with E-state index >= 15 is 0 Å². The molecule has 1 aromatic heterocycles. The molecule has 0 saturated heterocycles. The minimum absolute atomic E-state index is 0.0779. The zero-order valence-electron chi connectivity index (χ0n) is 12.2. The Morgan fingerprint density at radius 2 is 2.14 bits per heavy atom. The minimum Gasteiger partial charge on any atom is -0.309 e. The predicted octanol–water partition coefficient (Wildman–Crippen LogP) is 2.56. The maximum absolute atomic E-state index is 12.7. The van der Waals surface area contributed by atoms with Gasteiger partial charge in [-0.2, -0.15) is 11.8 Å². The van der Waals surface area contributed by atoms with Crippen LogP contribution in [-0.2, 0) is 16.6 Å². The molecule has 2 aliphatic rings. The van der Waals surface area contributed by atoms with Crippen LogP contribution in [0.4, 0.5) is 0 Å². The minimum atomic E-state index is -3.39. The quantitative estimate of drug-likeness (QED) is 0.797. The van der Waals surface area contributed by atoms with Gasteiger partial charge in [0.25, 0.3) is 0 Å². The van der Waals surface area contributed by atoms with Crippen molar-refractivity contribution in [2.75, 3.05) is 6.26 Å². The molecule has 1 aromatic rings. The molecule has 0 aliphatic heterocycles. The largest absolute Gasteiger partial charge is 0.309 e. The van der Waals surface area contributed by atoms with Gasteiger partial charge in [0.15, 0.2) is 0 Å². The van der Waals surface area contributed by atoms with Crippen LogP contribution in [0.15, 0.2) is 16.3 Å². The molecule has 0 aromatic carbocycles. The third-order valence-corrected chi connectivity index (χ3v) is 7.98. The molecule has 2 aliphatic carbocycles. The van der Waals surface area contributed by atoms with E-state index in [4.69, 9.17) is 0 Å². The smallest absolute Gasteiger partial charge is 0.242 e. The number of hydrogen-bond donors (Lipinski definition) is 2. The highest BCUT2D eigenvalue weighted by Gasteiger charge is 2.32. The van der Waals surface area contributed by atoms with Gasteiger partial charge in [0.1, 0.15) is 0 Å². The lowest BCUT2D eigenvalue weighted by atomic mass is 10.3. The molecule has 0 radical (unpaired) electrons. The summed E-state index contributed by atoms with van der Waals surface area (Å²) >= 11 is 3.29. The van der Waals surface area contributed by atoms with Crippen LogP contribution in [0.2, 0.25) is 0 Å². The van der Waals surface area contributed by atoms with E-state index in [2.05, 4.69) is 16.3 Å². The monoisotopic (exact) mass is 346 g/mol. The molecule has 2 fully saturated rings. The lowest BCUT2D eigenvalue weighted by molar-refractivity contribution is 0.553. The maximum Gasteiger partial charge on any atom is 0.242 e. The van der Waals surface area contributed by atoms with E-state index in [9.17, 15) is 8.42 Å². The Labute approximate surface area is 135 Å². The normalized spacial score (nSPS) is 26.3. The van der Waals surface area contributed by atoms with Crippen LogP contribution in [0, 0.1) is 0 Å².